The number of ether oxygens (including phenoxy) is 2. The van der Waals surface area contributed by atoms with Gasteiger partial charge in [0.2, 0.25) is 17.5 Å². The zero-order valence-corrected chi connectivity index (χ0v) is 18.7. The maximum Gasteiger partial charge on any atom is 0.258 e. The van der Waals surface area contributed by atoms with Crippen molar-refractivity contribution in [2.75, 3.05) is 7.11 Å². The monoisotopic (exact) mass is 462 g/mol. The number of hydrogen-bond donors (Lipinski definition) is 1. The SMILES string of the molecule is COc1ccc(N=C2O/C(=C/c3sc(=S)n(CCc4ccccc4)c3O)N=C2C#N)cc1. The minimum absolute atomic E-state index is 0.0429. The Balaban J connectivity index is 1.55. The molecule has 3 aromatic rings. The number of rotatable bonds is 6. The summed E-state index contributed by atoms with van der Waals surface area (Å²) in [6.45, 7) is 0.548. The molecule has 0 bridgehead atoms. The van der Waals surface area contributed by atoms with Gasteiger partial charge < -0.3 is 14.6 Å². The Bertz CT molecular complexity index is 1310. The average molecular weight is 463 g/mol. The number of aliphatic imine (C=N–C) groups is 2. The Hall–Kier alpha value is -3.74. The molecule has 0 radical (unpaired) electrons. The number of methoxy groups -OCH3 is 1. The van der Waals surface area contributed by atoms with Crippen molar-refractivity contribution in [2.24, 2.45) is 9.98 Å². The molecule has 0 amide bonds. The summed E-state index contributed by atoms with van der Waals surface area (Å²) in [6, 6.07) is 19.0. The quantitative estimate of drug-likeness (QED) is 0.505. The van der Waals surface area contributed by atoms with Crippen molar-refractivity contribution in [1.29, 1.82) is 5.26 Å². The highest BCUT2D eigenvalue weighted by Crippen LogP contribution is 2.30. The van der Waals surface area contributed by atoms with E-state index in [4.69, 9.17) is 21.7 Å². The van der Waals surface area contributed by atoms with Crippen LogP contribution < -0.4 is 4.74 Å². The Labute approximate surface area is 193 Å². The lowest BCUT2D eigenvalue weighted by Crippen LogP contribution is -2.07. The highest BCUT2D eigenvalue weighted by Gasteiger charge is 2.23. The fourth-order valence-electron chi connectivity index (χ4n) is 3.02. The number of nitriles is 1. The second kappa shape index (κ2) is 9.60. The highest BCUT2D eigenvalue weighted by atomic mass is 32.1. The van der Waals surface area contributed by atoms with Crippen LogP contribution in [0.5, 0.6) is 11.6 Å². The molecule has 9 heteroatoms. The van der Waals surface area contributed by atoms with E-state index in [1.165, 1.54) is 11.3 Å². The topological polar surface area (TPSA) is 92.1 Å². The van der Waals surface area contributed by atoms with E-state index in [0.29, 0.717) is 26.8 Å². The van der Waals surface area contributed by atoms with Gasteiger partial charge in [0.05, 0.1) is 17.7 Å². The number of aryl methyl sites for hydroxylation is 1. The van der Waals surface area contributed by atoms with Crippen LogP contribution in [-0.2, 0) is 17.7 Å². The van der Waals surface area contributed by atoms with Crippen LogP contribution in [0.1, 0.15) is 10.4 Å². The van der Waals surface area contributed by atoms with Crippen LogP contribution in [0.3, 0.4) is 0 Å². The molecule has 0 unspecified atom stereocenters. The lowest BCUT2D eigenvalue weighted by Gasteiger charge is -2.05. The lowest BCUT2D eigenvalue weighted by atomic mass is 10.1. The Morgan fingerprint density at radius 2 is 2.00 bits per heavy atom. The van der Waals surface area contributed by atoms with Gasteiger partial charge in [-0.2, -0.15) is 10.3 Å². The van der Waals surface area contributed by atoms with E-state index in [2.05, 4.69) is 9.98 Å². The first kappa shape index (κ1) is 21.5. The van der Waals surface area contributed by atoms with Gasteiger partial charge in [0, 0.05) is 12.6 Å². The molecular weight excluding hydrogens is 444 g/mol. The molecule has 0 atom stereocenters. The fraction of sp³-hybridized carbons (Fsp3) is 0.130. The maximum atomic E-state index is 10.7. The van der Waals surface area contributed by atoms with Crippen LogP contribution >= 0.6 is 23.6 Å². The summed E-state index contributed by atoms with van der Waals surface area (Å²) in [7, 11) is 1.58. The van der Waals surface area contributed by atoms with Crippen LogP contribution in [-0.4, -0.2) is 28.4 Å². The second-order valence-corrected chi connectivity index (χ2v) is 8.39. The molecule has 1 N–H and O–H groups in total. The predicted octanol–water partition coefficient (Wildman–Crippen LogP) is 5.26. The molecule has 2 aromatic carbocycles. The van der Waals surface area contributed by atoms with E-state index in [-0.39, 0.29) is 23.4 Å². The summed E-state index contributed by atoms with van der Waals surface area (Å²) in [5.74, 6) is 0.997. The number of thiazole rings is 1. The smallest absolute Gasteiger partial charge is 0.258 e. The number of aromatic hydroxyl groups is 1. The van der Waals surface area contributed by atoms with Crippen LogP contribution in [0.4, 0.5) is 5.69 Å². The Morgan fingerprint density at radius 1 is 1.25 bits per heavy atom. The lowest BCUT2D eigenvalue weighted by molar-refractivity contribution is 0.413. The Kier molecular flexibility index (Phi) is 6.44. The van der Waals surface area contributed by atoms with Gasteiger partial charge in [0.1, 0.15) is 11.8 Å². The van der Waals surface area contributed by atoms with Crippen LogP contribution in [0, 0.1) is 15.3 Å². The third-order valence-corrected chi connectivity index (χ3v) is 6.04. The first-order valence-electron chi connectivity index (χ1n) is 9.65. The molecule has 0 spiro atoms. The van der Waals surface area contributed by atoms with Gasteiger partial charge in [-0.15, -0.1) is 11.3 Å². The molecule has 4 rings (SSSR count). The van der Waals surface area contributed by atoms with Crippen molar-refractivity contribution in [3.05, 3.63) is 74.9 Å². The van der Waals surface area contributed by atoms with Crippen molar-refractivity contribution in [2.45, 2.75) is 13.0 Å². The molecule has 0 saturated carbocycles. The molecule has 1 aromatic heterocycles. The van der Waals surface area contributed by atoms with Crippen molar-refractivity contribution in [1.82, 2.24) is 4.57 Å². The molecule has 1 aliphatic heterocycles. The molecule has 7 nitrogen and oxygen atoms in total. The van der Waals surface area contributed by atoms with E-state index >= 15 is 0 Å². The molecule has 2 heterocycles. The van der Waals surface area contributed by atoms with Crippen molar-refractivity contribution in [3.63, 3.8) is 0 Å². The van der Waals surface area contributed by atoms with E-state index in [9.17, 15) is 10.4 Å². The van der Waals surface area contributed by atoms with E-state index in [1.807, 2.05) is 36.4 Å². The first-order valence-corrected chi connectivity index (χ1v) is 10.9. The van der Waals surface area contributed by atoms with Crippen molar-refractivity contribution in [3.8, 4) is 17.7 Å². The van der Waals surface area contributed by atoms with Crippen LogP contribution in [0.25, 0.3) is 6.08 Å². The zero-order valence-electron chi connectivity index (χ0n) is 17.1. The summed E-state index contributed by atoms with van der Waals surface area (Å²) < 4.78 is 13.0. The third-order valence-electron chi connectivity index (χ3n) is 4.65. The number of benzene rings is 2. The number of aromatic nitrogens is 1. The molecule has 0 fully saturated rings. The van der Waals surface area contributed by atoms with Crippen molar-refractivity contribution < 1.29 is 14.6 Å². The van der Waals surface area contributed by atoms with E-state index in [0.717, 1.165) is 12.0 Å². The largest absolute Gasteiger partial charge is 0.497 e. The van der Waals surface area contributed by atoms with Crippen LogP contribution in [0.15, 0.2) is 70.5 Å². The Morgan fingerprint density at radius 3 is 2.69 bits per heavy atom. The second-order valence-electron chi connectivity index (χ2n) is 6.71. The van der Waals surface area contributed by atoms with Gasteiger partial charge in [-0.25, -0.2) is 4.99 Å². The van der Waals surface area contributed by atoms with Gasteiger partial charge in [-0.1, -0.05) is 30.3 Å². The van der Waals surface area contributed by atoms with Gasteiger partial charge in [-0.05, 0) is 48.5 Å². The van der Waals surface area contributed by atoms with Crippen LogP contribution in [0.2, 0.25) is 0 Å². The predicted molar refractivity (Wildman–Crippen MR) is 127 cm³/mol. The fourth-order valence-corrected chi connectivity index (χ4v) is 4.30. The summed E-state index contributed by atoms with van der Waals surface area (Å²) in [6.07, 6.45) is 2.30. The molecular formula is C23H18N4O3S2. The van der Waals surface area contributed by atoms with Crippen molar-refractivity contribution >= 4 is 46.9 Å². The summed E-state index contributed by atoms with van der Waals surface area (Å²) >= 11 is 6.67. The minimum atomic E-state index is 0.0429. The normalized spacial score (nSPS) is 15.4. The molecule has 0 saturated heterocycles. The number of hydrogen-bond acceptors (Lipinski definition) is 8. The average Bonchev–Trinajstić information content (AvgIpc) is 3.32. The molecule has 160 valence electrons. The maximum absolute atomic E-state index is 10.7. The molecule has 1 aliphatic rings. The van der Waals surface area contributed by atoms with Gasteiger partial charge in [0.15, 0.2) is 3.95 Å². The first-order chi connectivity index (χ1) is 15.6. The van der Waals surface area contributed by atoms with E-state index < -0.39 is 0 Å². The third kappa shape index (κ3) is 4.77. The van der Waals surface area contributed by atoms with Gasteiger partial charge >= 0.3 is 0 Å². The summed E-state index contributed by atoms with van der Waals surface area (Å²) in [4.78, 5) is 9.03. The molecule has 0 aliphatic carbocycles. The minimum Gasteiger partial charge on any atom is -0.497 e. The highest BCUT2D eigenvalue weighted by molar-refractivity contribution is 7.73. The standard InChI is InChI=1S/C23H18N4O3S2/c1-29-17-9-7-16(8-10-17)25-21-18(14-24)26-20(30-21)13-19-22(28)27(23(31)32-19)12-11-15-5-3-2-4-6-15/h2-10,13,28H,11-12H2,1H3/b20-13+,25-21?. The zero-order chi connectivity index (χ0) is 22.5. The summed E-state index contributed by atoms with van der Waals surface area (Å²) in [5, 5.41) is 20.1. The van der Waals surface area contributed by atoms with E-state index in [1.54, 1.807) is 42.0 Å². The number of nitrogens with zero attached hydrogens (tertiary/aromatic N) is 4. The summed E-state index contributed by atoms with van der Waals surface area (Å²) in [5.41, 5.74) is 1.80. The van der Waals surface area contributed by atoms with Gasteiger partial charge in [-0.3, -0.25) is 4.57 Å². The molecule has 32 heavy (non-hydrogen) atoms. The van der Waals surface area contributed by atoms with Gasteiger partial charge in [0.25, 0.3) is 5.90 Å².